The molecule has 29 heavy (non-hydrogen) atoms. The molecule has 2 aromatic carbocycles. The maximum atomic E-state index is 11.5. The van der Waals surface area contributed by atoms with Crippen LogP contribution in [-0.2, 0) is 19.4 Å². The van der Waals surface area contributed by atoms with Gasteiger partial charge in [0.15, 0.2) is 9.84 Å². The monoisotopic (exact) mass is 411 g/mol. The second-order valence-electron chi connectivity index (χ2n) is 7.09. The molecule has 1 saturated heterocycles. The van der Waals surface area contributed by atoms with Crippen molar-refractivity contribution in [3.05, 3.63) is 72.3 Å². The molecule has 0 radical (unpaired) electrons. The standard InChI is InChI=1S/C23H25NO4S/c1-3-23(25)28-21-14-16-24(17-15-21)20-10-6-18(7-11-20)4-5-19-8-12-22(13-9-19)29(2,26)27/h3-13,21H,1,14-17H2,2H3/b5-4+. The molecule has 0 amide bonds. The van der Waals surface area contributed by atoms with Gasteiger partial charge in [0, 0.05) is 44.0 Å². The Bertz CT molecular complexity index is 984. The number of carbonyl (C=O) groups excluding carboxylic acids is 1. The minimum atomic E-state index is -3.17. The second kappa shape index (κ2) is 9.09. The number of esters is 1. The first-order valence-corrected chi connectivity index (χ1v) is 11.4. The van der Waals surface area contributed by atoms with Crippen LogP contribution in [-0.4, -0.2) is 39.8 Å². The summed E-state index contributed by atoms with van der Waals surface area (Å²) in [5.41, 5.74) is 3.15. The maximum Gasteiger partial charge on any atom is 0.330 e. The molecule has 0 unspecified atom stereocenters. The van der Waals surface area contributed by atoms with Gasteiger partial charge in [-0.2, -0.15) is 0 Å². The van der Waals surface area contributed by atoms with E-state index in [1.54, 1.807) is 24.3 Å². The number of hydrogen-bond donors (Lipinski definition) is 0. The molecule has 0 bridgehead atoms. The van der Waals surface area contributed by atoms with Gasteiger partial charge in [0.25, 0.3) is 0 Å². The third-order valence-corrected chi connectivity index (χ3v) is 6.05. The highest BCUT2D eigenvalue weighted by Crippen LogP contribution is 2.23. The number of nitrogens with zero attached hydrogens (tertiary/aromatic N) is 1. The van der Waals surface area contributed by atoms with Crippen molar-refractivity contribution in [1.82, 2.24) is 0 Å². The summed E-state index contributed by atoms with van der Waals surface area (Å²) in [6.07, 6.45) is 7.96. The lowest BCUT2D eigenvalue weighted by molar-refractivity contribution is -0.143. The third-order valence-electron chi connectivity index (χ3n) is 4.93. The quantitative estimate of drug-likeness (QED) is 0.409. The lowest BCUT2D eigenvalue weighted by Gasteiger charge is -2.33. The lowest BCUT2D eigenvalue weighted by Crippen LogP contribution is -2.37. The smallest absolute Gasteiger partial charge is 0.330 e. The van der Waals surface area contributed by atoms with Crippen molar-refractivity contribution >= 4 is 33.6 Å². The minimum absolute atomic E-state index is 0.0342. The van der Waals surface area contributed by atoms with Crippen molar-refractivity contribution < 1.29 is 17.9 Å². The van der Waals surface area contributed by atoms with Gasteiger partial charge >= 0.3 is 5.97 Å². The fourth-order valence-corrected chi connectivity index (χ4v) is 3.89. The van der Waals surface area contributed by atoms with E-state index in [9.17, 15) is 13.2 Å². The topological polar surface area (TPSA) is 63.7 Å². The Morgan fingerprint density at radius 1 is 1.00 bits per heavy atom. The van der Waals surface area contributed by atoms with Crippen LogP contribution in [0.25, 0.3) is 12.2 Å². The van der Waals surface area contributed by atoms with E-state index in [4.69, 9.17) is 4.74 Å². The van der Waals surface area contributed by atoms with Crippen LogP contribution in [0.4, 0.5) is 5.69 Å². The van der Waals surface area contributed by atoms with Crippen molar-refractivity contribution in [3.63, 3.8) is 0 Å². The van der Waals surface area contributed by atoms with Crippen molar-refractivity contribution in [2.24, 2.45) is 0 Å². The fraction of sp³-hybridized carbons (Fsp3) is 0.261. The van der Waals surface area contributed by atoms with Crippen LogP contribution in [0.5, 0.6) is 0 Å². The molecule has 0 saturated carbocycles. The Hall–Kier alpha value is -2.86. The number of benzene rings is 2. The first-order chi connectivity index (χ1) is 13.8. The Kier molecular flexibility index (Phi) is 6.54. The highest BCUT2D eigenvalue weighted by molar-refractivity contribution is 7.90. The molecular formula is C23H25NO4S. The van der Waals surface area contributed by atoms with E-state index in [1.807, 2.05) is 12.2 Å². The predicted octanol–water partition coefficient (Wildman–Crippen LogP) is 3.96. The lowest BCUT2D eigenvalue weighted by atomic mass is 10.1. The largest absolute Gasteiger partial charge is 0.459 e. The molecule has 5 nitrogen and oxygen atoms in total. The molecular weight excluding hydrogens is 386 g/mol. The zero-order valence-corrected chi connectivity index (χ0v) is 17.3. The van der Waals surface area contributed by atoms with Gasteiger partial charge in [-0.05, 0) is 35.4 Å². The Labute approximate surface area is 172 Å². The number of sulfone groups is 1. The van der Waals surface area contributed by atoms with Crippen molar-refractivity contribution in [2.45, 2.75) is 23.8 Å². The van der Waals surface area contributed by atoms with Crippen LogP contribution in [0, 0.1) is 0 Å². The molecule has 0 aliphatic carbocycles. The van der Waals surface area contributed by atoms with Crippen LogP contribution in [0.2, 0.25) is 0 Å². The number of hydrogen-bond acceptors (Lipinski definition) is 5. The van der Waals surface area contributed by atoms with Gasteiger partial charge < -0.3 is 9.64 Å². The van der Waals surface area contributed by atoms with E-state index in [1.165, 1.54) is 12.3 Å². The van der Waals surface area contributed by atoms with E-state index < -0.39 is 9.84 Å². The van der Waals surface area contributed by atoms with Gasteiger partial charge in [-0.3, -0.25) is 0 Å². The Morgan fingerprint density at radius 2 is 1.52 bits per heavy atom. The highest BCUT2D eigenvalue weighted by Gasteiger charge is 2.21. The zero-order chi connectivity index (χ0) is 20.9. The van der Waals surface area contributed by atoms with Gasteiger partial charge in [0.2, 0.25) is 0 Å². The molecule has 6 heteroatoms. The molecule has 3 rings (SSSR count). The summed E-state index contributed by atoms with van der Waals surface area (Å²) in [5, 5.41) is 0. The molecule has 0 aromatic heterocycles. The highest BCUT2D eigenvalue weighted by atomic mass is 32.2. The summed E-state index contributed by atoms with van der Waals surface area (Å²) in [7, 11) is -3.17. The van der Waals surface area contributed by atoms with Crippen LogP contribution in [0.3, 0.4) is 0 Å². The van der Waals surface area contributed by atoms with E-state index in [-0.39, 0.29) is 12.1 Å². The van der Waals surface area contributed by atoms with Crippen molar-refractivity contribution in [3.8, 4) is 0 Å². The van der Waals surface area contributed by atoms with Crippen molar-refractivity contribution in [1.29, 1.82) is 0 Å². The Morgan fingerprint density at radius 3 is 2.00 bits per heavy atom. The minimum Gasteiger partial charge on any atom is -0.459 e. The first kappa shape index (κ1) is 20.9. The van der Waals surface area contributed by atoms with Crippen LogP contribution in [0.15, 0.2) is 66.1 Å². The van der Waals surface area contributed by atoms with E-state index in [0.29, 0.717) is 4.90 Å². The van der Waals surface area contributed by atoms with E-state index in [2.05, 4.69) is 35.7 Å². The average molecular weight is 412 g/mol. The normalized spacial score (nSPS) is 15.4. The van der Waals surface area contributed by atoms with Crippen LogP contribution in [0.1, 0.15) is 24.0 Å². The number of carbonyl (C=O) groups is 1. The predicted molar refractivity (Wildman–Crippen MR) is 116 cm³/mol. The molecule has 0 spiro atoms. The fourth-order valence-electron chi connectivity index (χ4n) is 3.26. The molecule has 1 heterocycles. The SMILES string of the molecule is C=CC(=O)OC1CCN(c2ccc(/C=C/c3ccc(S(C)(=O)=O)cc3)cc2)CC1. The summed E-state index contributed by atoms with van der Waals surface area (Å²) in [5.74, 6) is -0.356. The zero-order valence-electron chi connectivity index (χ0n) is 16.5. The molecule has 1 aliphatic heterocycles. The molecule has 1 aliphatic rings. The molecule has 152 valence electrons. The average Bonchev–Trinajstić information content (AvgIpc) is 2.73. The van der Waals surface area contributed by atoms with E-state index >= 15 is 0 Å². The maximum absolute atomic E-state index is 11.5. The number of ether oxygens (including phenoxy) is 1. The second-order valence-corrected chi connectivity index (χ2v) is 9.11. The summed E-state index contributed by atoms with van der Waals surface area (Å²) >= 11 is 0. The van der Waals surface area contributed by atoms with Gasteiger partial charge in [-0.1, -0.05) is 43.0 Å². The molecule has 2 aromatic rings. The first-order valence-electron chi connectivity index (χ1n) is 9.51. The van der Waals surface area contributed by atoms with Gasteiger partial charge in [0.05, 0.1) is 4.90 Å². The number of rotatable bonds is 6. The van der Waals surface area contributed by atoms with Crippen LogP contribution >= 0.6 is 0 Å². The summed E-state index contributed by atoms with van der Waals surface area (Å²) in [6.45, 7) is 5.12. The summed E-state index contributed by atoms with van der Waals surface area (Å²) < 4.78 is 28.4. The van der Waals surface area contributed by atoms with Crippen LogP contribution < -0.4 is 4.90 Å². The van der Waals surface area contributed by atoms with Crippen molar-refractivity contribution in [2.75, 3.05) is 24.2 Å². The summed E-state index contributed by atoms with van der Waals surface area (Å²) in [4.78, 5) is 13.9. The van der Waals surface area contributed by atoms with E-state index in [0.717, 1.165) is 42.7 Å². The van der Waals surface area contributed by atoms with Gasteiger partial charge in [-0.25, -0.2) is 13.2 Å². The molecule has 0 N–H and O–H groups in total. The molecule has 0 atom stereocenters. The third kappa shape index (κ3) is 5.81. The van der Waals surface area contributed by atoms with Gasteiger partial charge in [0.1, 0.15) is 6.10 Å². The number of piperidine rings is 1. The van der Waals surface area contributed by atoms with Gasteiger partial charge in [-0.15, -0.1) is 0 Å². The molecule has 1 fully saturated rings. The number of anilines is 1. The Balaban J connectivity index is 1.57. The summed E-state index contributed by atoms with van der Waals surface area (Å²) in [6, 6.07) is 15.1.